The first-order valence-electron chi connectivity index (χ1n) is 5.90. The van der Waals surface area contributed by atoms with Crippen molar-refractivity contribution in [1.82, 2.24) is 5.32 Å². The molecule has 18 heavy (non-hydrogen) atoms. The highest BCUT2D eigenvalue weighted by Gasteiger charge is 2.14. The van der Waals surface area contributed by atoms with E-state index in [9.17, 15) is 0 Å². The van der Waals surface area contributed by atoms with E-state index in [1.807, 2.05) is 18.2 Å². The maximum atomic E-state index is 6.19. The number of halogens is 2. The molecule has 1 N–H and O–H groups in total. The number of furan rings is 1. The van der Waals surface area contributed by atoms with Gasteiger partial charge in [0.25, 0.3) is 0 Å². The molecule has 0 amide bonds. The van der Waals surface area contributed by atoms with Gasteiger partial charge in [0, 0.05) is 21.7 Å². The van der Waals surface area contributed by atoms with Crippen molar-refractivity contribution in [3.8, 4) is 0 Å². The van der Waals surface area contributed by atoms with Crippen LogP contribution in [0.2, 0.25) is 10.0 Å². The van der Waals surface area contributed by atoms with Crippen molar-refractivity contribution in [2.45, 2.75) is 19.4 Å². The first-order valence-corrected chi connectivity index (χ1v) is 6.65. The minimum Gasteiger partial charge on any atom is -0.472 e. The fraction of sp³-hybridized carbons (Fsp3) is 0.286. The molecule has 0 spiro atoms. The Balaban J connectivity index is 2.21. The summed E-state index contributed by atoms with van der Waals surface area (Å²) < 4.78 is 5.13. The van der Waals surface area contributed by atoms with E-state index in [1.54, 1.807) is 18.6 Å². The molecule has 1 heterocycles. The zero-order valence-corrected chi connectivity index (χ0v) is 11.6. The number of likely N-dealkylation sites (N-methyl/N-ethyl adjacent to an activating group) is 1. The number of benzene rings is 1. The lowest BCUT2D eigenvalue weighted by Gasteiger charge is -2.17. The molecule has 0 radical (unpaired) electrons. The van der Waals surface area contributed by atoms with Crippen LogP contribution in [0, 0.1) is 0 Å². The first kappa shape index (κ1) is 13.5. The van der Waals surface area contributed by atoms with Crippen molar-refractivity contribution in [2.75, 3.05) is 6.54 Å². The van der Waals surface area contributed by atoms with Gasteiger partial charge >= 0.3 is 0 Å². The molecule has 0 aliphatic heterocycles. The Hall–Kier alpha value is -0.960. The standard InChI is InChI=1S/C14H15Cl2NO/c1-2-17-14(10-5-6-18-9-10)8-11-7-12(15)3-4-13(11)16/h3-7,9,14,17H,2,8H2,1H3. The number of rotatable bonds is 5. The molecule has 1 atom stereocenters. The fourth-order valence-corrected chi connectivity index (χ4v) is 2.34. The summed E-state index contributed by atoms with van der Waals surface area (Å²) in [5, 5.41) is 4.87. The van der Waals surface area contributed by atoms with Crippen molar-refractivity contribution >= 4 is 23.2 Å². The van der Waals surface area contributed by atoms with Crippen LogP contribution in [0.1, 0.15) is 24.1 Å². The highest BCUT2D eigenvalue weighted by atomic mass is 35.5. The summed E-state index contributed by atoms with van der Waals surface area (Å²) in [6, 6.07) is 7.69. The van der Waals surface area contributed by atoms with Gasteiger partial charge < -0.3 is 9.73 Å². The highest BCUT2D eigenvalue weighted by molar-refractivity contribution is 6.33. The lowest BCUT2D eigenvalue weighted by atomic mass is 10.0. The van der Waals surface area contributed by atoms with E-state index in [1.165, 1.54) is 0 Å². The molecule has 0 aliphatic rings. The Labute approximate surface area is 117 Å². The van der Waals surface area contributed by atoms with Gasteiger partial charge in [-0.3, -0.25) is 0 Å². The second-order valence-electron chi connectivity index (χ2n) is 4.11. The van der Waals surface area contributed by atoms with E-state index in [-0.39, 0.29) is 6.04 Å². The van der Waals surface area contributed by atoms with E-state index in [4.69, 9.17) is 27.6 Å². The molecule has 4 heteroatoms. The minimum atomic E-state index is 0.185. The molecule has 1 aromatic heterocycles. The summed E-state index contributed by atoms with van der Waals surface area (Å²) in [5.41, 5.74) is 2.16. The number of nitrogens with one attached hydrogen (secondary N) is 1. The van der Waals surface area contributed by atoms with Crippen LogP contribution in [0.4, 0.5) is 0 Å². The molecule has 0 saturated heterocycles. The molecule has 2 nitrogen and oxygen atoms in total. The van der Waals surface area contributed by atoms with Crippen LogP contribution >= 0.6 is 23.2 Å². The molecule has 0 aliphatic carbocycles. The predicted octanol–water partition coefficient (Wildman–Crippen LogP) is 4.48. The summed E-state index contributed by atoms with van der Waals surface area (Å²) >= 11 is 12.2. The second kappa shape index (κ2) is 6.28. The Bertz CT molecular complexity index is 497. The topological polar surface area (TPSA) is 25.2 Å². The Morgan fingerprint density at radius 1 is 1.28 bits per heavy atom. The van der Waals surface area contributed by atoms with Crippen LogP contribution in [-0.4, -0.2) is 6.54 Å². The summed E-state index contributed by atoms with van der Waals surface area (Å²) in [4.78, 5) is 0. The molecule has 2 aromatic rings. The van der Waals surface area contributed by atoms with Gasteiger partial charge in [-0.2, -0.15) is 0 Å². The average Bonchev–Trinajstić information content (AvgIpc) is 2.87. The summed E-state index contributed by atoms with van der Waals surface area (Å²) in [6.07, 6.45) is 4.22. The quantitative estimate of drug-likeness (QED) is 0.875. The lowest BCUT2D eigenvalue weighted by molar-refractivity contribution is 0.525. The Morgan fingerprint density at radius 3 is 2.78 bits per heavy atom. The van der Waals surface area contributed by atoms with E-state index < -0.39 is 0 Å². The van der Waals surface area contributed by atoms with Crippen LogP contribution in [-0.2, 0) is 6.42 Å². The summed E-state index contributed by atoms with van der Waals surface area (Å²) in [6.45, 7) is 2.96. The zero-order valence-electron chi connectivity index (χ0n) is 10.1. The Morgan fingerprint density at radius 2 is 2.11 bits per heavy atom. The van der Waals surface area contributed by atoms with E-state index in [0.717, 1.165) is 29.1 Å². The van der Waals surface area contributed by atoms with Gasteiger partial charge in [0.05, 0.1) is 12.5 Å². The maximum Gasteiger partial charge on any atom is 0.0950 e. The van der Waals surface area contributed by atoms with Crippen molar-refractivity contribution < 1.29 is 4.42 Å². The van der Waals surface area contributed by atoms with Crippen molar-refractivity contribution in [3.05, 3.63) is 58.0 Å². The van der Waals surface area contributed by atoms with Gasteiger partial charge in [0.1, 0.15) is 0 Å². The Kier molecular flexibility index (Phi) is 4.70. The smallest absolute Gasteiger partial charge is 0.0950 e. The highest BCUT2D eigenvalue weighted by Crippen LogP contribution is 2.26. The third-order valence-electron chi connectivity index (χ3n) is 2.83. The molecule has 1 unspecified atom stereocenters. The van der Waals surface area contributed by atoms with Gasteiger partial charge in [-0.1, -0.05) is 30.1 Å². The molecule has 96 valence electrons. The largest absolute Gasteiger partial charge is 0.472 e. The van der Waals surface area contributed by atoms with Crippen molar-refractivity contribution in [3.63, 3.8) is 0 Å². The van der Waals surface area contributed by atoms with Gasteiger partial charge in [-0.25, -0.2) is 0 Å². The van der Waals surface area contributed by atoms with Crippen LogP contribution in [0.3, 0.4) is 0 Å². The molecule has 0 fully saturated rings. The van der Waals surface area contributed by atoms with Gasteiger partial charge in [0.15, 0.2) is 0 Å². The number of hydrogen-bond acceptors (Lipinski definition) is 2. The molecular formula is C14H15Cl2NO. The minimum absolute atomic E-state index is 0.185. The lowest BCUT2D eigenvalue weighted by Crippen LogP contribution is -2.22. The first-order chi connectivity index (χ1) is 8.70. The van der Waals surface area contributed by atoms with E-state index >= 15 is 0 Å². The molecule has 2 rings (SSSR count). The van der Waals surface area contributed by atoms with Crippen molar-refractivity contribution in [2.24, 2.45) is 0 Å². The molecule has 0 saturated carbocycles. The monoisotopic (exact) mass is 283 g/mol. The SMILES string of the molecule is CCNC(Cc1cc(Cl)ccc1Cl)c1ccoc1. The number of hydrogen-bond donors (Lipinski definition) is 1. The van der Waals surface area contributed by atoms with Crippen LogP contribution in [0.5, 0.6) is 0 Å². The molecular weight excluding hydrogens is 269 g/mol. The summed E-state index contributed by atoms with van der Waals surface area (Å²) in [7, 11) is 0. The van der Waals surface area contributed by atoms with Crippen LogP contribution in [0.25, 0.3) is 0 Å². The molecule has 0 bridgehead atoms. The third-order valence-corrected chi connectivity index (χ3v) is 3.43. The summed E-state index contributed by atoms with van der Waals surface area (Å²) in [5.74, 6) is 0. The maximum absolute atomic E-state index is 6.19. The predicted molar refractivity (Wildman–Crippen MR) is 75.3 cm³/mol. The van der Waals surface area contributed by atoms with Gasteiger partial charge in [-0.15, -0.1) is 0 Å². The van der Waals surface area contributed by atoms with Crippen molar-refractivity contribution in [1.29, 1.82) is 0 Å². The van der Waals surface area contributed by atoms with Gasteiger partial charge in [-0.05, 0) is 42.8 Å². The van der Waals surface area contributed by atoms with E-state index in [2.05, 4.69) is 12.2 Å². The fourth-order valence-electron chi connectivity index (χ4n) is 1.95. The third kappa shape index (κ3) is 3.29. The van der Waals surface area contributed by atoms with Crippen LogP contribution < -0.4 is 5.32 Å². The molecule has 1 aromatic carbocycles. The van der Waals surface area contributed by atoms with Gasteiger partial charge in [0.2, 0.25) is 0 Å². The zero-order chi connectivity index (χ0) is 13.0. The van der Waals surface area contributed by atoms with Crippen LogP contribution in [0.15, 0.2) is 41.2 Å². The average molecular weight is 284 g/mol. The second-order valence-corrected chi connectivity index (χ2v) is 4.95. The normalized spacial score (nSPS) is 12.6. The van der Waals surface area contributed by atoms with E-state index in [0.29, 0.717) is 5.02 Å².